The SMILES string of the molecule is O=C(CC1CCCCC1)N[C@@H](c1cnc2ccccc2c1)C1CC(O)C1. The van der Waals surface area contributed by atoms with Crippen LogP contribution in [0.3, 0.4) is 0 Å². The molecule has 2 aromatic rings. The third-order valence-corrected chi connectivity index (χ3v) is 6.11. The number of nitrogens with one attached hydrogen (secondary N) is 1. The van der Waals surface area contributed by atoms with E-state index in [4.69, 9.17) is 0 Å². The van der Waals surface area contributed by atoms with Crippen LogP contribution in [0.15, 0.2) is 36.5 Å². The Balaban J connectivity index is 1.50. The number of pyridine rings is 1. The lowest BCUT2D eigenvalue weighted by molar-refractivity contribution is -0.124. The third kappa shape index (κ3) is 3.90. The molecule has 0 spiro atoms. The molecule has 138 valence electrons. The summed E-state index contributed by atoms with van der Waals surface area (Å²) in [5.41, 5.74) is 2.02. The fourth-order valence-corrected chi connectivity index (χ4v) is 4.52. The molecule has 4 heteroatoms. The molecule has 2 saturated carbocycles. The summed E-state index contributed by atoms with van der Waals surface area (Å²) in [7, 11) is 0. The van der Waals surface area contributed by atoms with Crippen molar-refractivity contribution in [1.29, 1.82) is 0 Å². The van der Waals surface area contributed by atoms with Gasteiger partial charge in [0.2, 0.25) is 5.91 Å². The zero-order valence-corrected chi connectivity index (χ0v) is 15.2. The molecule has 4 nitrogen and oxygen atoms in total. The van der Waals surface area contributed by atoms with Gasteiger partial charge < -0.3 is 10.4 Å². The van der Waals surface area contributed by atoms with Gasteiger partial charge in [0.1, 0.15) is 0 Å². The number of nitrogens with zero attached hydrogens (tertiary/aromatic N) is 1. The van der Waals surface area contributed by atoms with Crippen LogP contribution in [0.2, 0.25) is 0 Å². The number of rotatable bonds is 5. The van der Waals surface area contributed by atoms with E-state index in [1.54, 1.807) is 0 Å². The van der Waals surface area contributed by atoms with Gasteiger partial charge >= 0.3 is 0 Å². The number of aliphatic hydroxyl groups is 1. The van der Waals surface area contributed by atoms with E-state index in [1.165, 1.54) is 32.1 Å². The van der Waals surface area contributed by atoms with Crippen molar-refractivity contribution in [1.82, 2.24) is 10.3 Å². The Morgan fingerprint density at radius 3 is 2.73 bits per heavy atom. The maximum Gasteiger partial charge on any atom is 0.220 e. The molecule has 2 N–H and O–H groups in total. The highest BCUT2D eigenvalue weighted by Gasteiger charge is 2.36. The number of aromatic nitrogens is 1. The van der Waals surface area contributed by atoms with Crippen molar-refractivity contribution < 1.29 is 9.90 Å². The van der Waals surface area contributed by atoms with E-state index < -0.39 is 0 Å². The number of hydrogen-bond donors (Lipinski definition) is 2. The highest BCUT2D eigenvalue weighted by Crippen LogP contribution is 2.38. The zero-order valence-electron chi connectivity index (χ0n) is 15.2. The van der Waals surface area contributed by atoms with E-state index in [9.17, 15) is 9.90 Å². The summed E-state index contributed by atoms with van der Waals surface area (Å²) in [5.74, 6) is 0.978. The van der Waals surface area contributed by atoms with Crippen LogP contribution in [0.4, 0.5) is 0 Å². The van der Waals surface area contributed by atoms with E-state index in [1.807, 2.05) is 24.4 Å². The van der Waals surface area contributed by atoms with Gasteiger partial charge in [0.15, 0.2) is 0 Å². The quantitative estimate of drug-likeness (QED) is 0.850. The summed E-state index contributed by atoms with van der Waals surface area (Å²) in [4.78, 5) is 17.3. The van der Waals surface area contributed by atoms with E-state index in [2.05, 4.69) is 22.4 Å². The van der Waals surface area contributed by atoms with Crippen molar-refractivity contribution in [2.75, 3.05) is 0 Å². The Bertz CT molecular complexity index is 764. The number of para-hydroxylation sites is 1. The Morgan fingerprint density at radius 1 is 1.19 bits per heavy atom. The molecule has 0 radical (unpaired) electrons. The van der Waals surface area contributed by atoms with Crippen LogP contribution in [-0.2, 0) is 4.79 Å². The molecule has 2 aliphatic rings. The van der Waals surface area contributed by atoms with E-state index in [-0.39, 0.29) is 18.1 Å². The van der Waals surface area contributed by atoms with Crippen LogP contribution in [0.5, 0.6) is 0 Å². The molecular weight excluding hydrogens is 324 g/mol. The van der Waals surface area contributed by atoms with E-state index >= 15 is 0 Å². The molecule has 0 unspecified atom stereocenters. The minimum absolute atomic E-state index is 0.0494. The number of carbonyl (C=O) groups is 1. The summed E-state index contributed by atoms with van der Waals surface area (Å²) >= 11 is 0. The van der Waals surface area contributed by atoms with Crippen molar-refractivity contribution in [2.24, 2.45) is 11.8 Å². The highest BCUT2D eigenvalue weighted by molar-refractivity contribution is 5.80. The molecule has 2 aliphatic carbocycles. The topological polar surface area (TPSA) is 62.2 Å². The van der Waals surface area contributed by atoms with Gasteiger partial charge in [0.05, 0.1) is 17.7 Å². The van der Waals surface area contributed by atoms with Gasteiger partial charge in [-0.05, 0) is 55.2 Å². The summed E-state index contributed by atoms with van der Waals surface area (Å²) in [6.45, 7) is 0. The minimum atomic E-state index is -0.230. The average Bonchev–Trinajstić information content (AvgIpc) is 2.64. The second-order valence-corrected chi connectivity index (χ2v) is 8.10. The molecule has 1 heterocycles. The predicted molar refractivity (Wildman–Crippen MR) is 103 cm³/mol. The fraction of sp³-hybridized carbons (Fsp3) is 0.545. The number of hydrogen-bond acceptors (Lipinski definition) is 3. The number of amides is 1. The maximum absolute atomic E-state index is 12.7. The monoisotopic (exact) mass is 352 g/mol. The Morgan fingerprint density at radius 2 is 1.96 bits per heavy atom. The normalized spacial score (nSPS) is 24.8. The smallest absolute Gasteiger partial charge is 0.220 e. The van der Waals surface area contributed by atoms with Crippen LogP contribution in [0.25, 0.3) is 10.9 Å². The molecule has 1 atom stereocenters. The highest BCUT2D eigenvalue weighted by atomic mass is 16.3. The third-order valence-electron chi connectivity index (χ3n) is 6.11. The summed E-state index contributed by atoms with van der Waals surface area (Å²) in [5, 5.41) is 14.1. The number of benzene rings is 1. The first kappa shape index (κ1) is 17.5. The van der Waals surface area contributed by atoms with Gasteiger partial charge in [0, 0.05) is 18.0 Å². The van der Waals surface area contributed by atoms with Crippen molar-refractivity contribution in [3.63, 3.8) is 0 Å². The van der Waals surface area contributed by atoms with Gasteiger partial charge in [0.25, 0.3) is 0 Å². The molecule has 1 aromatic heterocycles. The molecule has 26 heavy (non-hydrogen) atoms. The lowest BCUT2D eigenvalue weighted by Crippen LogP contribution is -2.41. The van der Waals surface area contributed by atoms with Gasteiger partial charge in [-0.1, -0.05) is 37.5 Å². The number of aliphatic hydroxyl groups excluding tert-OH is 1. The zero-order chi connectivity index (χ0) is 17.9. The van der Waals surface area contributed by atoms with Crippen molar-refractivity contribution in [3.05, 3.63) is 42.1 Å². The maximum atomic E-state index is 12.7. The van der Waals surface area contributed by atoms with Gasteiger partial charge in [-0.15, -0.1) is 0 Å². The second kappa shape index (κ2) is 7.75. The van der Waals surface area contributed by atoms with Crippen LogP contribution in [-0.4, -0.2) is 22.1 Å². The first-order chi connectivity index (χ1) is 12.7. The Kier molecular flexibility index (Phi) is 5.21. The molecule has 1 aromatic carbocycles. The van der Waals surface area contributed by atoms with Crippen LogP contribution in [0, 0.1) is 11.8 Å². The fourth-order valence-electron chi connectivity index (χ4n) is 4.52. The predicted octanol–water partition coefficient (Wildman–Crippen LogP) is 4.13. The largest absolute Gasteiger partial charge is 0.393 e. The standard InChI is InChI=1S/C22H28N2O2/c25-19-12-17(13-19)22(24-21(26)10-15-6-2-1-3-7-15)18-11-16-8-4-5-9-20(16)23-14-18/h4-5,8-9,11,14-15,17,19,22,25H,1-3,6-7,10,12-13H2,(H,24,26)/t17?,19?,22-/m1/s1. The number of carbonyl (C=O) groups excluding carboxylic acids is 1. The molecular formula is C22H28N2O2. The van der Waals surface area contributed by atoms with Gasteiger partial charge in [-0.3, -0.25) is 9.78 Å². The van der Waals surface area contributed by atoms with Crippen molar-refractivity contribution in [2.45, 2.75) is 63.5 Å². The Labute approximate surface area is 155 Å². The molecule has 2 fully saturated rings. The minimum Gasteiger partial charge on any atom is -0.393 e. The van der Waals surface area contributed by atoms with E-state index in [0.29, 0.717) is 18.3 Å². The molecule has 0 bridgehead atoms. The molecule has 4 rings (SSSR count). The van der Waals surface area contributed by atoms with Gasteiger partial charge in [-0.25, -0.2) is 0 Å². The second-order valence-electron chi connectivity index (χ2n) is 8.10. The van der Waals surface area contributed by atoms with Gasteiger partial charge in [-0.2, -0.15) is 0 Å². The lowest BCUT2D eigenvalue weighted by atomic mass is 9.75. The lowest BCUT2D eigenvalue weighted by Gasteiger charge is -2.38. The van der Waals surface area contributed by atoms with Crippen LogP contribution in [0.1, 0.15) is 63.0 Å². The summed E-state index contributed by atoms with van der Waals surface area (Å²) in [6, 6.07) is 10.1. The summed E-state index contributed by atoms with van der Waals surface area (Å²) < 4.78 is 0. The average molecular weight is 352 g/mol. The first-order valence-electron chi connectivity index (χ1n) is 10.0. The number of fused-ring (bicyclic) bond motifs is 1. The van der Waals surface area contributed by atoms with Crippen LogP contribution >= 0.6 is 0 Å². The Hall–Kier alpha value is -1.94. The first-order valence-corrected chi connectivity index (χ1v) is 10.0. The van der Waals surface area contributed by atoms with Crippen molar-refractivity contribution in [3.8, 4) is 0 Å². The molecule has 0 aliphatic heterocycles. The van der Waals surface area contributed by atoms with E-state index in [0.717, 1.165) is 29.3 Å². The van der Waals surface area contributed by atoms with Crippen molar-refractivity contribution >= 4 is 16.8 Å². The molecule has 0 saturated heterocycles. The van der Waals surface area contributed by atoms with Crippen LogP contribution < -0.4 is 5.32 Å². The summed E-state index contributed by atoms with van der Waals surface area (Å²) in [6.07, 6.45) is 9.97. The molecule has 1 amide bonds.